The predicted octanol–water partition coefficient (Wildman–Crippen LogP) is 4.48. The number of aliphatic hydroxyl groups is 1. The minimum Gasteiger partial charge on any atom is -0.389 e. The number of hydrogen-bond donors (Lipinski definition) is 2. The molecule has 0 aliphatic heterocycles. The van der Waals surface area contributed by atoms with Crippen molar-refractivity contribution in [3.05, 3.63) is 53.3 Å². The number of aliphatic hydroxyl groups excluding tert-OH is 1. The molecule has 2 N–H and O–H groups in total. The van der Waals surface area contributed by atoms with E-state index in [0.717, 1.165) is 16.9 Å². The van der Waals surface area contributed by atoms with Gasteiger partial charge in [-0.05, 0) is 57.9 Å². The van der Waals surface area contributed by atoms with Crippen molar-refractivity contribution in [3.63, 3.8) is 0 Å². The fraction of sp³-hybridized carbons (Fsp3) is 0.389. The van der Waals surface area contributed by atoms with Crippen LogP contribution in [0.3, 0.4) is 0 Å². The zero-order valence-electron chi connectivity index (χ0n) is 13.6. The molecule has 0 heterocycles. The van der Waals surface area contributed by atoms with E-state index in [1.54, 1.807) is 6.92 Å². The van der Waals surface area contributed by atoms with Gasteiger partial charge in [0.05, 0.1) is 12.1 Å². The summed E-state index contributed by atoms with van der Waals surface area (Å²) in [6, 6.07) is 7.94. The minimum absolute atomic E-state index is 0.135. The Morgan fingerprint density at radius 2 is 1.81 bits per heavy atom. The van der Waals surface area contributed by atoms with Gasteiger partial charge in [-0.1, -0.05) is 24.3 Å². The Kier molecular flexibility index (Phi) is 6.89. The van der Waals surface area contributed by atoms with Crippen molar-refractivity contribution in [3.8, 4) is 0 Å². The fourth-order valence-electron chi connectivity index (χ4n) is 1.85. The summed E-state index contributed by atoms with van der Waals surface area (Å²) < 4.78 is 0. The van der Waals surface area contributed by atoms with Crippen LogP contribution in [0.2, 0.25) is 0 Å². The lowest BCUT2D eigenvalue weighted by Gasteiger charge is -2.12. The Balaban J connectivity index is 2.65. The number of anilines is 1. The maximum Gasteiger partial charge on any atom is 0.0761 e. The lowest BCUT2D eigenvalue weighted by atomic mass is 10.1. The second-order valence-corrected chi connectivity index (χ2v) is 5.28. The van der Waals surface area contributed by atoms with Crippen molar-refractivity contribution in [2.45, 2.75) is 46.8 Å². The first-order valence-electron chi connectivity index (χ1n) is 7.33. The van der Waals surface area contributed by atoms with Crippen LogP contribution in [0, 0.1) is 0 Å². The second kappa shape index (κ2) is 8.42. The maximum absolute atomic E-state index is 9.49. The number of nitrogens with zero attached hydrogens (tertiary/aromatic N) is 1. The second-order valence-electron chi connectivity index (χ2n) is 5.28. The number of aliphatic imine (C=N–C) groups is 1. The van der Waals surface area contributed by atoms with Gasteiger partial charge in [0.2, 0.25) is 0 Å². The summed E-state index contributed by atoms with van der Waals surface area (Å²) in [5.41, 5.74) is 4.13. The van der Waals surface area contributed by atoms with Crippen LogP contribution in [-0.2, 0) is 0 Å². The average molecular weight is 286 g/mol. The predicted molar refractivity (Wildman–Crippen MR) is 91.8 cm³/mol. The van der Waals surface area contributed by atoms with Gasteiger partial charge < -0.3 is 10.4 Å². The van der Waals surface area contributed by atoms with Crippen molar-refractivity contribution in [2.24, 2.45) is 4.99 Å². The molecule has 0 bridgehead atoms. The largest absolute Gasteiger partial charge is 0.389 e. The zero-order chi connectivity index (χ0) is 15.8. The average Bonchev–Trinajstić information content (AvgIpc) is 2.45. The standard InChI is InChI=1S/C18H26N2O/c1-6-7-13(2)15(4)19-12-14(3)20-18-10-8-17(9-11-18)16(5)21/h6-12,14,16,20-21H,1-5H3/b7-6-,15-13+,19-12?. The lowest BCUT2D eigenvalue weighted by molar-refractivity contribution is 0.199. The molecule has 2 atom stereocenters. The molecule has 0 aliphatic carbocycles. The number of rotatable bonds is 6. The van der Waals surface area contributed by atoms with E-state index in [0.29, 0.717) is 0 Å². The van der Waals surface area contributed by atoms with Crippen molar-refractivity contribution in [2.75, 3.05) is 5.32 Å². The van der Waals surface area contributed by atoms with Gasteiger partial charge in [0.1, 0.15) is 0 Å². The molecule has 3 nitrogen and oxygen atoms in total. The van der Waals surface area contributed by atoms with E-state index < -0.39 is 6.10 Å². The summed E-state index contributed by atoms with van der Waals surface area (Å²) in [7, 11) is 0. The highest BCUT2D eigenvalue weighted by Crippen LogP contribution is 2.16. The molecule has 0 fully saturated rings. The molecule has 0 amide bonds. The monoisotopic (exact) mass is 286 g/mol. The molecule has 0 saturated heterocycles. The van der Waals surface area contributed by atoms with E-state index >= 15 is 0 Å². The molecule has 0 radical (unpaired) electrons. The highest BCUT2D eigenvalue weighted by Gasteiger charge is 2.02. The molecular formula is C18H26N2O. The van der Waals surface area contributed by atoms with Crippen LogP contribution in [0.4, 0.5) is 5.69 Å². The van der Waals surface area contributed by atoms with Crippen LogP contribution in [0.15, 0.2) is 52.7 Å². The molecule has 114 valence electrons. The Labute approximate surface area is 128 Å². The van der Waals surface area contributed by atoms with Crippen molar-refractivity contribution < 1.29 is 5.11 Å². The molecule has 0 aromatic heterocycles. The van der Waals surface area contributed by atoms with Crippen molar-refractivity contribution in [1.29, 1.82) is 0 Å². The number of hydrogen-bond acceptors (Lipinski definition) is 3. The van der Waals surface area contributed by atoms with Crippen molar-refractivity contribution >= 4 is 11.9 Å². The molecule has 21 heavy (non-hydrogen) atoms. The molecule has 0 spiro atoms. The normalized spacial score (nSPS) is 16.1. The van der Waals surface area contributed by atoms with Crippen LogP contribution in [-0.4, -0.2) is 17.4 Å². The Morgan fingerprint density at radius 1 is 1.19 bits per heavy atom. The number of benzene rings is 1. The van der Waals surface area contributed by atoms with Gasteiger partial charge in [-0.15, -0.1) is 0 Å². The first-order chi connectivity index (χ1) is 9.93. The van der Waals surface area contributed by atoms with Crippen LogP contribution in [0.25, 0.3) is 0 Å². The summed E-state index contributed by atoms with van der Waals surface area (Å²) in [5, 5.41) is 12.8. The van der Waals surface area contributed by atoms with Gasteiger partial charge in [-0.25, -0.2) is 0 Å². The molecule has 2 unspecified atom stereocenters. The van der Waals surface area contributed by atoms with E-state index in [1.807, 2.05) is 50.4 Å². The number of allylic oxidation sites excluding steroid dienone is 4. The van der Waals surface area contributed by atoms with Crippen molar-refractivity contribution in [1.82, 2.24) is 0 Å². The molecule has 1 aromatic rings. The first-order valence-corrected chi connectivity index (χ1v) is 7.33. The summed E-state index contributed by atoms with van der Waals surface area (Å²) in [4.78, 5) is 4.49. The molecule has 3 heteroatoms. The van der Waals surface area contributed by atoms with Crippen LogP contribution in [0.5, 0.6) is 0 Å². The Morgan fingerprint density at radius 3 is 2.33 bits per heavy atom. The molecule has 0 saturated carbocycles. The minimum atomic E-state index is -0.430. The van der Waals surface area contributed by atoms with E-state index in [9.17, 15) is 5.11 Å². The van der Waals surface area contributed by atoms with Crippen LogP contribution >= 0.6 is 0 Å². The van der Waals surface area contributed by atoms with Gasteiger partial charge in [0.15, 0.2) is 0 Å². The SMILES string of the molecule is C/C=C\C(C)=C(/C)N=CC(C)Nc1ccc(C(C)O)cc1. The third-order valence-electron chi connectivity index (χ3n) is 3.27. The first kappa shape index (κ1) is 17.2. The molecule has 1 rings (SSSR count). The topological polar surface area (TPSA) is 44.6 Å². The highest BCUT2D eigenvalue weighted by molar-refractivity contribution is 5.70. The Bertz CT molecular complexity index is 525. The number of nitrogens with one attached hydrogen (secondary N) is 1. The van der Waals surface area contributed by atoms with Gasteiger partial charge >= 0.3 is 0 Å². The van der Waals surface area contributed by atoms with Crippen LogP contribution < -0.4 is 5.32 Å². The molecular weight excluding hydrogens is 260 g/mol. The van der Waals surface area contributed by atoms with E-state index in [4.69, 9.17) is 0 Å². The quantitative estimate of drug-likeness (QED) is 0.598. The van der Waals surface area contributed by atoms with Gasteiger partial charge in [0.25, 0.3) is 0 Å². The Hall–Kier alpha value is -1.87. The van der Waals surface area contributed by atoms with E-state index in [1.165, 1.54) is 5.57 Å². The van der Waals surface area contributed by atoms with Crippen LogP contribution in [0.1, 0.15) is 46.3 Å². The van der Waals surface area contributed by atoms with Gasteiger partial charge in [0, 0.05) is 17.6 Å². The molecule has 1 aromatic carbocycles. The highest BCUT2D eigenvalue weighted by atomic mass is 16.3. The summed E-state index contributed by atoms with van der Waals surface area (Å²) >= 11 is 0. The molecule has 0 aliphatic rings. The summed E-state index contributed by atoms with van der Waals surface area (Å²) in [5.74, 6) is 0. The van der Waals surface area contributed by atoms with Gasteiger partial charge in [-0.2, -0.15) is 0 Å². The lowest BCUT2D eigenvalue weighted by Crippen LogP contribution is -2.16. The third kappa shape index (κ3) is 5.96. The maximum atomic E-state index is 9.49. The smallest absolute Gasteiger partial charge is 0.0761 e. The fourth-order valence-corrected chi connectivity index (χ4v) is 1.85. The summed E-state index contributed by atoms with van der Waals surface area (Å²) in [6.07, 6.45) is 5.55. The van der Waals surface area contributed by atoms with Gasteiger partial charge in [-0.3, -0.25) is 4.99 Å². The third-order valence-corrected chi connectivity index (χ3v) is 3.27. The zero-order valence-corrected chi connectivity index (χ0v) is 13.6. The summed E-state index contributed by atoms with van der Waals surface area (Å²) in [6.45, 7) is 9.89. The van der Waals surface area contributed by atoms with E-state index in [2.05, 4.69) is 30.2 Å². The van der Waals surface area contributed by atoms with E-state index in [-0.39, 0.29) is 6.04 Å².